The minimum absolute atomic E-state index is 0.00553. The Labute approximate surface area is 110 Å². The van der Waals surface area contributed by atoms with E-state index in [1.165, 1.54) is 11.3 Å². The number of anilines is 2. The Morgan fingerprint density at radius 2 is 2.33 bits per heavy atom. The number of nitrogens with two attached hydrogens (primary N) is 1. The van der Waals surface area contributed by atoms with Gasteiger partial charge in [-0.05, 0) is 18.6 Å². The molecule has 0 radical (unpaired) electrons. The van der Waals surface area contributed by atoms with Crippen LogP contribution < -0.4 is 11.1 Å². The van der Waals surface area contributed by atoms with Crippen molar-refractivity contribution in [2.24, 2.45) is 0 Å². The van der Waals surface area contributed by atoms with Crippen LogP contribution in [0.15, 0.2) is 29.6 Å². The first kappa shape index (κ1) is 12.6. The predicted octanol–water partition coefficient (Wildman–Crippen LogP) is 3.13. The number of rotatable bonds is 4. The quantitative estimate of drug-likeness (QED) is 0.831. The number of amides is 1. The van der Waals surface area contributed by atoms with Gasteiger partial charge in [-0.15, -0.1) is 11.3 Å². The van der Waals surface area contributed by atoms with E-state index < -0.39 is 0 Å². The molecule has 2 rings (SSSR count). The van der Waals surface area contributed by atoms with Gasteiger partial charge in [0.25, 0.3) is 0 Å². The molecule has 1 aromatic carbocycles. The summed E-state index contributed by atoms with van der Waals surface area (Å²) in [4.78, 5) is 15.8. The maximum Gasteiger partial charge on any atom is 0.226 e. The van der Waals surface area contributed by atoms with Crippen molar-refractivity contribution in [3.8, 4) is 11.3 Å². The molecule has 3 N–H and O–H groups in total. The molecule has 94 valence electrons. The molecule has 1 heterocycles. The SMILES string of the molecule is CCCC(=O)Nc1nc(-c2cccc(N)c2)cs1. The van der Waals surface area contributed by atoms with Crippen LogP contribution in [0, 0.1) is 0 Å². The van der Waals surface area contributed by atoms with Gasteiger partial charge >= 0.3 is 0 Å². The van der Waals surface area contributed by atoms with Gasteiger partial charge in [-0.2, -0.15) is 0 Å². The lowest BCUT2D eigenvalue weighted by atomic mass is 10.1. The molecule has 0 atom stereocenters. The van der Waals surface area contributed by atoms with E-state index in [0.29, 0.717) is 17.2 Å². The fourth-order valence-electron chi connectivity index (χ4n) is 1.57. The zero-order valence-electron chi connectivity index (χ0n) is 10.1. The summed E-state index contributed by atoms with van der Waals surface area (Å²) in [5, 5.41) is 5.33. The molecule has 0 fully saturated rings. The van der Waals surface area contributed by atoms with Crippen LogP contribution in [0.1, 0.15) is 19.8 Å². The van der Waals surface area contributed by atoms with Crippen molar-refractivity contribution in [2.75, 3.05) is 11.1 Å². The van der Waals surface area contributed by atoms with E-state index in [4.69, 9.17) is 5.73 Å². The summed E-state index contributed by atoms with van der Waals surface area (Å²) >= 11 is 1.42. The molecule has 0 unspecified atom stereocenters. The lowest BCUT2D eigenvalue weighted by Crippen LogP contribution is -2.10. The number of thiazole rings is 1. The summed E-state index contributed by atoms with van der Waals surface area (Å²) in [5.41, 5.74) is 8.23. The minimum Gasteiger partial charge on any atom is -0.399 e. The number of hydrogen-bond donors (Lipinski definition) is 2. The Bertz CT molecular complexity index is 551. The number of nitrogens with one attached hydrogen (secondary N) is 1. The highest BCUT2D eigenvalue weighted by Crippen LogP contribution is 2.26. The molecule has 2 aromatic rings. The molecule has 0 saturated heterocycles. The summed E-state index contributed by atoms with van der Waals surface area (Å²) in [5.74, 6) is 0.00553. The molecule has 0 bridgehead atoms. The minimum atomic E-state index is 0.00553. The lowest BCUT2D eigenvalue weighted by molar-refractivity contribution is -0.116. The third-order valence-corrected chi connectivity index (χ3v) is 3.17. The van der Waals surface area contributed by atoms with Gasteiger partial charge in [0, 0.05) is 23.1 Å². The van der Waals surface area contributed by atoms with Crippen molar-refractivity contribution in [3.63, 3.8) is 0 Å². The van der Waals surface area contributed by atoms with Crippen molar-refractivity contribution in [3.05, 3.63) is 29.6 Å². The van der Waals surface area contributed by atoms with E-state index in [1.54, 1.807) is 0 Å². The van der Waals surface area contributed by atoms with Gasteiger partial charge < -0.3 is 11.1 Å². The van der Waals surface area contributed by atoms with Gasteiger partial charge in [-0.3, -0.25) is 4.79 Å². The molecular weight excluding hydrogens is 246 g/mol. The number of aromatic nitrogens is 1. The number of benzene rings is 1. The van der Waals surface area contributed by atoms with Gasteiger partial charge in [0.05, 0.1) is 5.69 Å². The molecule has 5 heteroatoms. The van der Waals surface area contributed by atoms with Crippen LogP contribution in [0.4, 0.5) is 10.8 Å². The first-order chi connectivity index (χ1) is 8.69. The Balaban J connectivity index is 2.13. The van der Waals surface area contributed by atoms with E-state index in [1.807, 2.05) is 36.6 Å². The summed E-state index contributed by atoms with van der Waals surface area (Å²) in [6, 6.07) is 7.54. The number of hydrogen-bond acceptors (Lipinski definition) is 4. The number of nitrogen functional groups attached to an aromatic ring is 1. The third-order valence-electron chi connectivity index (χ3n) is 2.41. The van der Waals surface area contributed by atoms with Crippen LogP contribution in [-0.4, -0.2) is 10.9 Å². The second-order valence-electron chi connectivity index (χ2n) is 3.96. The molecule has 0 spiro atoms. The smallest absolute Gasteiger partial charge is 0.226 e. The molecule has 4 nitrogen and oxygen atoms in total. The van der Waals surface area contributed by atoms with Gasteiger partial charge in [-0.25, -0.2) is 4.98 Å². The van der Waals surface area contributed by atoms with Crippen molar-refractivity contribution >= 4 is 28.1 Å². The monoisotopic (exact) mass is 261 g/mol. The molecule has 0 aliphatic heterocycles. The summed E-state index contributed by atoms with van der Waals surface area (Å²) in [7, 11) is 0. The first-order valence-corrected chi connectivity index (χ1v) is 6.68. The normalized spacial score (nSPS) is 10.3. The molecular formula is C13H15N3OS. The van der Waals surface area contributed by atoms with Crippen LogP contribution in [-0.2, 0) is 4.79 Å². The first-order valence-electron chi connectivity index (χ1n) is 5.80. The zero-order valence-corrected chi connectivity index (χ0v) is 11.0. The third kappa shape index (κ3) is 3.07. The second kappa shape index (κ2) is 5.64. The highest BCUT2D eigenvalue weighted by atomic mass is 32.1. The van der Waals surface area contributed by atoms with Gasteiger partial charge in [-0.1, -0.05) is 19.1 Å². The van der Waals surface area contributed by atoms with E-state index in [-0.39, 0.29) is 5.91 Å². The fourth-order valence-corrected chi connectivity index (χ4v) is 2.31. The van der Waals surface area contributed by atoms with Crippen LogP contribution in [0.3, 0.4) is 0 Å². The number of carbonyl (C=O) groups is 1. The molecule has 0 aliphatic rings. The highest BCUT2D eigenvalue weighted by molar-refractivity contribution is 7.14. The summed E-state index contributed by atoms with van der Waals surface area (Å²) in [6.07, 6.45) is 1.35. The number of carbonyl (C=O) groups excluding carboxylic acids is 1. The molecule has 0 saturated carbocycles. The topological polar surface area (TPSA) is 68.0 Å². The van der Waals surface area contributed by atoms with Crippen molar-refractivity contribution in [2.45, 2.75) is 19.8 Å². The van der Waals surface area contributed by atoms with Crippen molar-refractivity contribution in [1.29, 1.82) is 0 Å². The maximum absolute atomic E-state index is 11.4. The number of nitrogens with zero attached hydrogens (tertiary/aromatic N) is 1. The molecule has 18 heavy (non-hydrogen) atoms. The maximum atomic E-state index is 11.4. The average molecular weight is 261 g/mol. The standard InChI is InChI=1S/C13H15N3OS/c1-2-4-12(17)16-13-15-11(8-18-13)9-5-3-6-10(14)7-9/h3,5-8H,2,4,14H2,1H3,(H,15,16,17). The molecule has 1 amide bonds. The largest absolute Gasteiger partial charge is 0.399 e. The van der Waals surface area contributed by atoms with Gasteiger partial charge in [0.15, 0.2) is 5.13 Å². The van der Waals surface area contributed by atoms with Crippen LogP contribution in [0.2, 0.25) is 0 Å². The lowest BCUT2D eigenvalue weighted by Gasteiger charge is -1.99. The second-order valence-corrected chi connectivity index (χ2v) is 4.82. The van der Waals surface area contributed by atoms with E-state index in [9.17, 15) is 4.79 Å². The summed E-state index contributed by atoms with van der Waals surface area (Å²) in [6.45, 7) is 1.97. The Morgan fingerprint density at radius 1 is 1.50 bits per heavy atom. The summed E-state index contributed by atoms with van der Waals surface area (Å²) < 4.78 is 0. The van der Waals surface area contributed by atoms with E-state index in [0.717, 1.165) is 17.7 Å². The average Bonchev–Trinajstić information content (AvgIpc) is 2.78. The Hall–Kier alpha value is -1.88. The highest BCUT2D eigenvalue weighted by Gasteiger charge is 2.07. The van der Waals surface area contributed by atoms with E-state index >= 15 is 0 Å². The Kier molecular flexibility index (Phi) is 3.94. The predicted molar refractivity (Wildman–Crippen MR) is 75.5 cm³/mol. The zero-order chi connectivity index (χ0) is 13.0. The molecule has 0 aliphatic carbocycles. The fraction of sp³-hybridized carbons (Fsp3) is 0.231. The van der Waals surface area contributed by atoms with Gasteiger partial charge in [0.2, 0.25) is 5.91 Å². The van der Waals surface area contributed by atoms with E-state index in [2.05, 4.69) is 10.3 Å². The molecule has 1 aromatic heterocycles. The van der Waals surface area contributed by atoms with Crippen molar-refractivity contribution < 1.29 is 4.79 Å². The van der Waals surface area contributed by atoms with Crippen LogP contribution in [0.25, 0.3) is 11.3 Å². The van der Waals surface area contributed by atoms with Crippen LogP contribution in [0.5, 0.6) is 0 Å². The Morgan fingerprint density at radius 3 is 3.06 bits per heavy atom. The van der Waals surface area contributed by atoms with Crippen molar-refractivity contribution in [1.82, 2.24) is 4.98 Å². The van der Waals surface area contributed by atoms with Gasteiger partial charge in [0.1, 0.15) is 0 Å². The van der Waals surface area contributed by atoms with Crippen LogP contribution >= 0.6 is 11.3 Å².